The highest BCUT2D eigenvalue weighted by atomic mass is 16.5. The zero-order chi connectivity index (χ0) is 13.1. The molecule has 1 N–H and O–H groups in total. The maximum Gasteiger partial charge on any atom is 0.335 e. The van der Waals surface area contributed by atoms with E-state index in [0.717, 1.165) is 24.8 Å². The zero-order valence-electron chi connectivity index (χ0n) is 10.5. The van der Waals surface area contributed by atoms with E-state index in [9.17, 15) is 4.79 Å². The lowest BCUT2D eigenvalue weighted by atomic mass is 10.1. The van der Waals surface area contributed by atoms with Crippen LogP contribution in [-0.4, -0.2) is 28.0 Å². The molecule has 0 saturated carbocycles. The number of aromatic carboxylic acids is 1. The number of carboxylic acids is 1. The third-order valence-corrected chi connectivity index (χ3v) is 2.85. The fraction of sp³-hybridized carbons (Fsp3) is 0.385. The van der Waals surface area contributed by atoms with Gasteiger partial charge in [0.2, 0.25) is 5.88 Å². The van der Waals surface area contributed by atoms with E-state index in [1.54, 1.807) is 30.0 Å². The molecule has 0 radical (unpaired) electrons. The van der Waals surface area contributed by atoms with Crippen LogP contribution in [0.2, 0.25) is 0 Å². The maximum absolute atomic E-state index is 10.9. The standard InChI is InChI=1S/C13H16N2O3/c1-3-4-7-15-12(18-2)10-6-5-9(13(16)17)8-11(10)14-15/h5-6,8H,3-4,7H2,1-2H3,(H,16,17). The van der Waals surface area contributed by atoms with Crippen LogP contribution < -0.4 is 4.74 Å². The monoisotopic (exact) mass is 248 g/mol. The molecule has 0 amide bonds. The largest absolute Gasteiger partial charge is 0.481 e. The van der Waals surface area contributed by atoms with Crippen molar-refractivity contribution < 1.29 is 14.6 Å². The zero-order valence-corrected chi connectivity index (χ0v) is 10.5. The molecule has 0 fully saturated rings. The Morgan fingerprint density at radius 3 is 2.89 bits per heavy atom. The number of hydrogen-bond acceptors (Lipinski definition) is 3. The summed E-state index contributed by atoms with van der Waals surface area (Å²) < 4.78 is 7.14. The molecule has 1 aromatic heterocycles. The molecule has 18 heavy (non-hydrogen) atoms. The second-order valence-corrected chi connectivity index (χ2v) is 4.12. The van der Waals surface area contributed by atoms with E-state index < -0.39 is 5.97 Å². The van der Waals surface area contributed by atoms with Crippen LogP contribution in [0.25, 0.3) is 10.9 Å². The summed E-state index contributed by atoms with van der Waals surface area (Å²) in [5, 5.41) is 14.2. The Balaban J connectivity index is 2.49. The first-order valence-electron chi connectivity index (χ1n) is 5.95. The Bertz CT molecular complexity index is 575. The lowest BCUT2D eigenvalue weighted by Gasteiger charge is -2.04. The number of nitrogens with zero attached hydrogens (tertiary/aromatic N) is 2. The van der Waals surface area contributed by atoms with Crippen molar-refractivity contribution in [2.75, 3.05) is 7.11 Å². The summed E-state index contributed by atoms with van der Waals surface area (Å²) in [5.74, 6) is -0.255. The van der Waals surface area contributed by atoms with Gasteiger partial charge in [0.05, 0.1) is 23.6 Å². The van der Waals surface area contributed by atoms with E-state index in [2.05, 4.69) is 12.0 Å². The van der Waals surface area contributed by atoms with Crippen LogP contribution in [0.15, 0.2) is 18.2 Å². The van der Waals surface area contributed by atoms with Gasteiger partial charge in [0, 0.05) is 6.54 Å². The van der Waals surface area contributed by atoms with Gasteiger partial charge in [-0.25, -0.2) is 9.48 Å². The molecule has 96 valence electrons. The normalized spacial score (nSPS) is 10.8. The van der Waals surface area contributed by atoms with Crippen molar-refractivity contribution in [2.45, 2.75) is 26.3 Å². The first kappa shape index (κ1) is 12.4. The molecule has 0 aliphatic carbocycles. The van der Waals surface area contributed by atoms with E-state index >= 15 is 0 Å². The molecule has 0 atom stereocenters. The van der Waals surface area contributed by atoms with Gasteiger partial charge in [-0.3, -0.25) is 0 Å². The van der Waals surface area contributed by atoms with Crippen molar-refractivity contribution in [3.63, 3.8) is 0 Å². The van der Waals surface area contributed by atoms with Gasteiger partial charge in [-0.2, -0.15) is 5.10 Å². The van der Waals surface area contributed by atoms with E-state index in [4.69, 9.17) is 9.84 Å². The first-order chi connectivity index (χ1) is 8.67. The third-order valence-electron chi connectivity index (χ3n) is 2.85. The summed E-state index contributed by atoms with van der Waals surface area (Å²) in [5.41, 5.74) is 0.896. The van der Waals surface area contributed by atoms with Crippen LogP contribution in [0.1, 0.15) is 30.1 Å². The number of methoxy groups -OCH3 is 1. The van der Waals surface area contributed by atoms with Crippen molar-refractivity contribution in [1.82, 2.24) is 9.78 Å². The van der Waals surface area contributed by atoms with Crippen molar-refractivity contribution in [1.29, 1.82) is 0 Å². The summed E-state index contributed by atoms with van der Waals surface area (Å²) in [6, 6.07) is 4.88. The summed E-state index contributed by atoms with van der Waals surface area (Å²) in [6.07, 6.45) is 2.08. The minimum atomic E-state index is -0.945. The van der Waals surface area contributed by atoms with E-state index in [0.29, 0.717) is 11.4 Å². The summed E-state index contributed by atoms with van der Waals surface area (Å²) in [4.78, 5) is 10.9. The quantitative estimate of drug-likeness (QED) is 0.883. The Kier molecular flexibility index (Phi) is 3.50. The lowest BCUT2D eigenvalue weighted by Crippen LogP contribution is -2.02. The van der Waals surface area contributed by atoms with Crippen LogP contribution in [-0.2, 0) is 6.54 Å². The van der Waals surface area contributed by atoms with Crippen LogP contribution in [0, 0.1) is 0 Å². The number of aromatic nitrogens is 2. The number of carboxylic acid groups (broad SMARTS) is 1. The van der Waals surface area contributed by atoms with Crippen LogP contribution in [0.4, 0.5) is 0 Å². The van der Waals surface area contributed by atoms with Crippen LogP contribution in [0.3, 0.4) is 0 Å². The average Bonchev–Trinajstić information content (AvgIpc) is 2.72. The number of aryl methyl sites for hydroxylation is 1. The average molecular weight is 248 g/mol. The molecule has 5 heteroatoms. The van der Waals surface area contributed by atoms with Crippen molar-refractivity contribution in [2.24, 2.45) is 0 Å². The highest BCUT2D eigenvalue weighted by Gasteiger charge is 2.13. The highest BCUT2D eigenvalue weighted by Crippen LogP contribution is 2.26. The van der Waals surface area contributed by atoms with Crippen molar-refractivity contribution >= 4 is 16.9 Å². The van der Waals surface area contributed by atoms with Crippen LogP contribution in [0.5, 0.6) is 5.88 Å². The van der Waals surface area contributed by atoms with Gasteiger partial charge in [0.1, 0.15) is 0 Å². The SMILES string of the molecule is CCCCn1nc2cc(C(=O)O)ccc2c1OC. The summed E-state index contributed by atoms with van der Waals surface area (Å²) >= 11 is 0. The molecule has 0 aliphatic rings. The molecular weight excluding hydrogens is 232 g/mol. The molecule has 0 spiro atoms. The van der Waals surface area contributed by atoms with Crippen LogP contribution >= 0.6 is 0 Å². The molecule has 5 nitrogen and oxygen atoms in total. The number of benzene rings is 1. The molecular formula is C13H16N2O3. The Morgan fingerprint density at radius 2 is 2.28 bits per heavy atom. The number of rotatable bonds is 5. The van der Waals surface area contributed by atoms with Gasteiger partial charge in [-0.15, -0.1) is 0 Å². The number of fused-ring (bicyclic) bond motifs is 1. The minimum Gasteiger partial charge on any atom is -0.481 e. The van der Waals surface area contributed by atoms with Gasteiger partial charge in [-0.1, -0.05) is 13.3 Å². The van der Waals surface area contributed by atoms with Gasteiger partial charge in [-0.05, 0) is 24.6 Å². The van der Waals surface area contributed by atoms with Crippen molar-refractivity contribution in [3.05, 3.63) is 23.8 Å². The second kappa shape index (κ2) is 5.08. The summed E-state index contributed by atoms with van der Waals surface area (Å²) in [6.45, 7) is 2.88. The molecule has 0 aliphatic heterocycles. The molecule has 1 heterocycles. The van der Waals surface area contributed by atoms with Gasteiger partial charge < -0.3 is 9.84 Å². The second-order valence-electron chi connectivity index (χ2n) is 4.12. The molecule has 2 aromatic rings. The minimum absolute atomic E-state index is 0.241. The fourth-order valence-corrected chi connectivity index (χ4v) is 1.92. The predicted molar refractivity (Wildman–Crippen MR) is 68.2 cm³/mol. The first-order valence-corrected chi connectivity index (χ1v) is 5.95. The van der Waals surface area contributed by atoms with Crippen molar-refractivity contribution in [3.8, 4) is 5.88 Å². The van der Waals surface area contributed by atoms with Gasteiger partial charge in [0.25, 0.3) is 0 Å². The van der Waals surface area contributed by atoms with E-state index in [1.807, 2.05) is 0 Å². The Labute approximate surface area is 105 Å². The summed E-state index contributed by atoms with van der Waals surface area (Å²) in [7, 11) is 1.60. The number of unbranched alkanes of at least 4 members (excludes halogenated alkanes) is 1. The molecule has 1 aromatic carbocycles. The van der Waals surface area contributed by atoms with Gasteiger partial charge >= 0.3 is 5.97 Å². The Hall–Kier alpha value is -2.04. The van der Waals surface area contributed by atoms with Gasteiger partial charge in [0.15, 0.2) is 0 Å². The predicted octanol–water partition coefficient (Wildman–Crippen LogP) is 2.54. The number of carbonyl (C=O) groups is 1. The highest BCUT2D eigenvalue weighted by molar-refractivity contribution is 5.94. The molecule has 0 saturated heterocycles. The lowest BCUT2D eigenvalue weighted by molar-refractivity contribution is 0.0697. The Morgan fingerprint density at radius 1 is 1.50 bits per heavy atom. The molecule has 2 rings (SSSR count). The molecule has 0 unspecified atom stereocenters. The number of hydrogen-bond donors (Lipinski definition) is 1. The number of ether oxygens (including phenoxy) is 1. The fourth-order valence-electron chi connectivity index (χ4n) is 1.92. The van der Waals surface area contributed by atoms with E-state index in [1.165, 1.54) is 0 Å². The molecule has 0 bridgehead atoms. The maximum atomic E-state index is 10.9. The van der Waals surface area contributed by atoms with E-state index in [-0.39, 0.29) is 5.56 Å². The third kappa shape index (κ3) is 2.16. The smallest absolute Gasteiger partial charge is 0.335 e. The topological polar surface area (TPSA) is 64.4 Å².